The van der Waals surface area contributed by atoms with Crippen molar-refractivity contribution in [3.05, 3.63) is 17.1 Å². The van der Waals surface area contributed by atoms with E-state index in [1.54, 1.807) is 0 Å². The highest BCUT2D eigenvalue weighted by Gasteiger charge is 2.28. The van der Waals surface area contributed by atoms with E-state index in [4.69, 9.17) is 0 Å². The minimum atomic E-state index is 0.102. The smallest absolute Gasteiger partial charge is 0.258 e. The van der Waals surface area contributed by atoms with Crippen LogP contribution in [0.1, 0.15) is 54.0 Å². The second-order valence-electron chi connectivity index (χ2n) is 6.86. The van der Waals surface area contributed by atoms with Crippen molar-refractivity contribution < 1.29 is 4.79 Å². The van der Waals surface area contributed by atoms with E-state index in [0.29, 0.717) is 5.56 Å². The molecule has 0 N–H and O–H groups in total. The van der Waals surface area contributed by atoms with Gasteiger partial charge < -0.3 is 4.90 Å². The fourth-order valence-corrected chi connectivity index (χ4v) is 4.67. The molecule has 0 aromatic carbocycles. The second kappa shape index (κ2) is 7.83. The summed E-state index contributed by atoms with van der Waals surface area (Å²) < 4.78 is 0. The van der Waals surface area contributed by atoms with E-state index in [-0.39, 0.29) is 5.91 Å². The third-order valence-corrected chi connectivity index (χ3v) is 5.92. The quantitative estimate of drug-likeness (QED) is 0.621. The standard InChI is InChI=1S/C18H28N4OS/c1-13-16(17(24-3)20-14(2)19-13)18(23)22-10-6-9-21(11-12-22)15-7-4-5-8-15/h15H,4-12H2,1-3H3. The predicted molar refractivity (Wildman–Crippen MR) is 97.6 cm³/mol. The van der Waals surface area contributed by atoms with Gasteiger partial charge >= 0.3 is 0 Å². The summed E-state index contributed by atoms with van der Waals surface area (Å²) in [6, 6.07) is 0.742. The molecule has 1 aliphatic carbocycles. The Labute approximate surface area is 149 Å². The molecule has 0 bridgehead atoms. The molecule has 0 radical (unpaired) electrons. The first kappa shape index (κ1) is 17.7. The number of aromatic nitrogens is 2. The van der Waals surface area contributed by atoms with Crippen molar-refractivity contribution >= 4 is 17.7 Å². The highest BCUT2D eigenvalue weighted by molar-refractivity contribution is 7.98. The summed E-state index contributed by atoms with van der Waals surface area (Å²) in [5.74, 6) is 0.835. The Kier molecular flexibility index (Phi) is 5.76. The van der Waals surface area contributed by atoms with Gasteiger partial charge in [-0.3, -0.25) is 9.69 Å². The molecule has 2 aliphatic rings. The van der Waals surface area contributed by atoms with Crippen LogP contribution in [0.3, 0.4) is 0 Å². The summed E-state index contributed by atoms with van der Waals surface area (Å²) in [6.45, 7) is 7.57. The lowest BCUT2D eigenvalue weighted by atomic mass is 10.2. The van der Waals surface area contributed by atoms with Gasteiger partial charge in [-0.25, -0.2) is 9.97 Å². The molecule has 2 fully saturated rings. The van der Waals surface area contributed by atoms with Crippen LogP contribution in [0.2, 0.25) is 0 Å². The number of amides is 1. The first-order valence-electron chi connectivity index (χ1n) is 9.02. The number of rotatable bonds is 3. The molecule has 0 unspecified atom stereocenters. The minimum absolute atomic E-state index is 0.102. The van der Waals surface area contributed by atoms with Crippen LogP contribution in [0.5, 0.6) is 0 Å². The van der Waals surface area contributed by atoms with Gasteiger partial charge in [0.05, 0.1) is 11.3 Å². The Hall–Kier alpha value is -1.14. The zero-order valence-corrected chi connectivity index (χ0v) is 15.9. The number of aryl methyl sites for hydroxylation is 2. The van der Waals surface area contributed by atoms with Gasteiger partial charge in [-0.15, -0.1) is 11.8 Å². The molecular weight excluding hydrogens is 320 g/mol. The average Bonchev–Trinajstić information content (AvgIpc) is 2.98. The molecule has 1 aromatic rings. The molecule has 1 amide bonds. The van der Waals surface area contributed by atoms with Crippen LogP contribution in [0.4, 0.5) is 0 Å². The Morgan fingerprint density at radius 3 is 2.50 bits per heavy atom. The summed E-state index contributed by atoms with van der Waals surface area (Å²) >= 11 is 1.53. The van der Waals surface area contributed by atoms with Crippen LogP contribution >= 0.6 is 11.8 Å². The van der Waals surface area contributed by atoms with E-state index in [9.17, 15) is 4.79 Å². The summed E-state index contributed by atoms with van der Waals surface area (Å²) in [6.07, 6.45) is 8.41. The summed E-state index contributed by atoms with van der Waals surface area (Å²) in [7, 11) is 0. The van der Waals surface area contributed by atoms with Crippen LogP contribution in [-0.4, -0.2) is 64.2 Å². The Balaban J connectivity index is 1.73. The van der Waals surface area contributed by atoms with Gasteiger partial charge in [0.25, 0.3) is 5.91 Å². The van der Waals surface area contributed by atoms with Gasteiger partial charge in [-0.05, 0) is 39.4 Å². The van der Waals surface area contributed by atoms with E-state index < -0.39 is 0 Å². The molecule has 1 aromatic heterocycles. The fraction of sp³-hybridized carbons (Fsp3) is 0.722. The third-order valence-electron chi connectivity index (χ3n) is 5.23. The van der Waals surface area contributed by atoms with Crippen molar-refractivity contribution in [2.75, 3.05) is 32.4 Å². The van der Waals surface area contributed by atoms with Crippen molar-refractivity contribution in [1.29, 1.82) is 0 Å². The van der Waals surface area contributed by atoms with Crippen LogP contribution in [0, 0.1) is 13.8 Å². The van der Waals surface area contributed by atoms with Crippen molar-refractivity contribution in [3.63, 3.8) is 0 Å². The van der Waals surface area contributed by atoms with Crippen molar-refractivity contribution in [1.82, 2.24) is 19.8 Å². The molecule has 5 nitrogen and oxygen atoms in total. The maximum atomic E-state index is 13.1. The van der Waals surface area contributed by atoms with Crippen LogP contribution in [0.15, 0.2) is 5.03 Å². The first-order chi connectivity index (χ1) is 11.6. The largest absolute Gasteiger partial charge is 0.337 e. The van der Waals surface area contributed by atoms with Crippen molar-refractivity contribution in [2.24, 2.45) is 0 Å². The predicted octanol–water partition coefficient (Wildman–Crippen LogP) is 2.91. The molecule has 1 saturated heterocycles. The molecule has 1 saturated carbocycles. The highest BCUT2D eigenvalue weighted by Crippen LogP contribution is 2.26. The number of hydrogen-bond acceptors (Lipinski definition) is 5. The summed E-state index contributed by atoms with van der Waals surface area (Å²) in [5, 5.41) is 0.807. The molecule has 2 heterocycles. The average molecular weight is 349 g/mol. The van der Waals surface area contributed by atoms with Gasteiger partial charge in [0.1, 0.15) is 10.9 Å². The molecule has 132 valence electrons. The number of thioether (sulfide) groups is 1. The normalized spacial score (nSPS) is 20.4. The van der Waals surface area contributed by atoms with Crippen molar-refractivity contribution in [3.8, 4) is 0 Å². The first-order valence-corrected chi connectivity index (χ1v) is 10.2. The summed E-state index contributed by atoms with van der Waals surface area (Å²) in [5.41, 5.74) is 1.50. The molecule has 0 spiro atoms. The zero-order valence-electron chi connectivity index (χ0n) is 15.0. The third kappa shape index (κ3) is 3.75. The van der Waals surface area contributed by atoms with E-state index >= 15 is 0 Å². The van der Waals surface area contributed by atoms with Gasteiger partial charge in [0.2, 0.25) is 0 Å². The fourth-order valence-electron chi connectivity index (χ4n) is 4.01. The Morgan fingerprint density at radius 2 is 1.79 bits per heavy atom. The lowest BCUT2D eigenvalue weighted by Crippen LogP contribution is -2.38. The lowest BCUT2D eigenvalue weighted by molar-refractivity contribution is 0.0752. The number of nitrogens with zero attached hydrogens (tertiary/aromatic N) is 4. The van der Waals surface area contributed by atoms with E-state index in [1.807, 2.05) is 25.0 Å². The van der Waals surface area contributed by atoms with Gasteiger partial charge in [-0.2, -0.15) is 0 Å². The highest BCUT2D eigenvalue weighted by atomic mass is 32.2. The van der Waals surface area contributed by atoms with E-state index in [1.165, 1.54) is 37.4 Å². The van der Waals surface area contributed by atoms with E-state index in [2.05, 4.69) is 14.9 Å². The monoisotopic (exact) mass is 348 g/mol. The second-order valence-corrected chi connectivity index (χ2v) is 7.66. The van der Waals surface area contributed by atoms with Gasteiger partial charge in [-0.1, -0.05) is 12.8 Å². The van der Waals surface area contributed by atoms with Crippen molar-refractivity contribution in [2.45, 2.75) is 57.0 Å². The SMILES string of the molecule is CSc1nc(C)nc(C)c1C(=O)N1CCCN(C2CCCC2)CC1. The Bertz CT molecular complexity index is 601. The molecule has 6 heteroatoms. The number of carbonyl (C=O) groups is 1. The molecule has 0 atom stereocenters. The van der Waals surface area contributed by atoms with Crippen LogP contribution in [-0.2, 0) is 0 Å². The maximum absolute atomic E-state index is 13.1. The van der Waals surface area contributed by atoms with Crippen LogP contribution in [0.25, 0.3) is 0 Å². The zero-order chi connectivity index (χ0) is 17.1. The lowest BCUT2D eigenvalue weighted by Gasteiger charge is -2.27. The molecule has 1 aliphatic heterocycles. The Morgan fingerprint density at radius 1 is 1.04 bits per heavy atom. The van der Waals surface area contributed by atoms with Gasteiger partial charge in [0.15, 0.2) is 0 Å². The van der Waals surface area contributed by atoms with Crippen LogP contribution < -0.4 is 0 Å². The minimum Gasteiger partial charge on any atom is -0.337 e. The molecular formula is C18H28N4OS. The number of carbonyl (C=O) groups excluding carboxylic acids is 1. The topological polar surface area (TPSA) is 49.3 Å². The number of hydrogen-bond donors (Lipinski definition) is 0. The molecule has 24 heavy (non-hydrogen) atoms. The molecule has 3 rings (SSSR count). The maximum Gasteiger partial charge on any atom is 0.258 e. The van der Waals surface area contributed by atoms with E-state index in [0.717, 1.165) is 55.2 Å². The van der Waals surface area contributed by atoms with Gasteiger partial charge in [0, 0.05) is 32.2 Å². The summed E-state index contributed by atoms with van der Waals surface area (Å²) in [4.78, 5) is 26.6.